The number of aliphatic imine (C=N–C) groups is 1. The molecule has 2 aliphatic heterocycles. The second-order valence-electron chi connectivity index (χ2n) is 8.01. The van der Waals surface area contributed by atoms with Crippen molar-refractivity contribution in [2.24, 2.45) is 4.99 Å². The van der Waals surface area contributed by atoms with Crippen LogP contribution in [-0.4, -0.2) is 84.1 Å². The molecule has 0 saturated carbocycles. The number of piperazine rings is 1. The average molecular weight is 519 g/mol. The van der Waals surface area contributed by atoms with Gasteiger partial charge < -0.3 is 20.0 Å². The van der Waals surface area contributed by atoms with Gasteiger partial charge in [0.2, 0.25) is 0 Å². The van der Waals surface area contributed by atoms with Crippen LogP contribution in [-0.2, 0) is 6.54 Å². The maximum absolute atomic E-state index is 4.89. The van der Waals surface area contributed by atoms with E-state index in [0.29, 0.717) is 6.54 Å². The van der Waals surface area contributed by atoms with Gasteiger partial charge in [0.25, 0.3) is 0 Å². The maximum Gasteiger partial charge on any atom is 0.194 e. The summed E-state index contributed by atoms with van der Waals surface area (Å²) in [5.74, 6) is 3.25. The van der Waals surface area contributed by atoms with Crippen molar-refractivity contribution in [3.63, 3.8) is 0 Å². The average Bonchev–Trinajstić information content (AvgIpc) is 2.65. The molecule has 8 heteroatoms. The molecule has 1 N–H and O–H groups in total. The van der Waals surface area contributed by atoms with Gasteiger partial charge in [-0.3, -0.25) is 0 Å². The zero-order valence-electron chi connectivity index (χ0n) is 17.6. The lowest BCUT2D eigenvalue weighted by molar-refractivity contribution is 0.312. The lowest BCUT2D eigenvalue weighted by atomic mass is 10.2. The smallest absolute Gasteiger partial charge is 0.194 e. The van der Waals surface area contributed by atoms with Crippen molar-refractivity contribution in [1.29, 1.82) is 0 Å². The van der Waals surface area contributed by atoms with Crippen LogP contribution >= 0.6 is 35.7 Å². The number of halogens is 1. The van der Waals surface area contributed by atoms with Crippen LogP contribution in [0.5, 0.6) is 0 Å². The molecule has 0 aromatic carbocycles. The van der Waals surface area contributed by atoms with Gasteiger partial charge in [0.15, 0.2) is 5.96 Å². The number of likely N-dealkylation sites (N-methyl/N-ethyl adjacent to an activating group) is 1. The van der Waals surface area contributed by atoms with Crippen LogP contribution < -0.4 is 10.2 Å². The van der Waals surface area contributed by atoms with Gasteiger partial charge in [-0.05, 0) is 39.4 Å². The molecule has 2 fully saturated rings. The highest BCUT2D eigenvalue weighted by molar-refractivity contribution is 14.0. The van der Waals surface area contributed by atoms with Crippen molar-refractivity contribution in [1.82, 2.24) is 20.1 Å². The Morgan fingerprint density at radius 1 is 1.21 bits per heavy atom. The Morgan fingerprint density at radius 2 is 1.96 bits per heavy atom. The van der Waals surface area contributed by atoms with E-state index in [0.717, 1.165) is 68.9 Å². The lowest BCUT2D eigenvalue weighted by Gasteiger charge is -2.39. The highest BCUT2D eigenvalue weighted by atomic mass is 127. The zero-order chi connectivity index (χ0) is 19.3. The molecule has 6 nitrogen and oxygen atoms in total. The van der Waals surface area contributed by atoms with Crippen LogP contribution in [0.2, 0.25) is 0 Å². The molecule has 2 saturated heterocycles. The first-order valence-corrected chi connectivity index (χ1v) is 11.0. The quantitative estimate of drug-likeness (QED) is 0.376. The number of thioether (sulfide) groups is 1. The van der Waals surface area contributed by atoms with Crippen LogP contribution in [0.25, 0.3) is 0 Å². The van der Waals surface area contributed by atoms with Gasteiger partial charge in [-0.2, -0.15) is 11.8 Å². The van der Waals surface area contributed by atoms with E-state index in [1.807, 2.05) is 18.0 Å². The molecule has 1 aromatic rings. The number of aromatic nitrogens is 1. The summed E-state index contributed by atoms with van der Waals surface area (Å²) < 4.78 is 0.278. The lowest BCUT2D eigenvalue weighted by Crippen LogP contribution is -2.50. The van der Waals surface area contributed by atoms with Crippen molar-refractivity contribution in [2.45, 2.75) is 32.1 Å². The molecule has 0 atom stereocenters. The van der Waals surface area contributed by atoms with Crippen LogP contribution in [0.4, 0.5) is 5.82 Å². The first-order chi connectivity index (χ1) is 13.0. The van der Waals surface area contributed by atoms with E-state index in [1.54, 1.807) is 0 Å². The summed E-state index contributed by atoms with van der Waals surface area (Å²) in [6, 6.07) is 4.31. The van der Waals surface area contributed by atoms with Crippen molar-refractivity contribution < 1.29 is 0 Å². The first-order valence-electron chi connectivity index (χ1n) is 10.0. The van der Waals surface area contributed by atoms with E-state index >= 15 is 0 Å². The number of hydrogen-bond donors (Lipinski definition) is 1. The van der Waals surface area contributed by atoms with Gasteiger partial charge in [0, 0.05) is 62.5 Å². The minimum absolute atomic E-state index is 0. The van der Waals surface area contributed by atoms with Crippen LogP contribution in [0.3, 0.4) is 0 Å². The number of anilines is 1. The summed E-state index contributed by atoms with van der Waals surface area (Å²) in [5.41, 5.74) is 1.16. The monoisotopic (exact) mass is 518 g/mol. The number of guanidine groups is 1. The normalized spacial score (nSPS) is 20.6. The Hall–Kier alpha value is -0.740. The molecule has 0 amide bonds. The molecule has 158 valence electrons. The maximum atomic E-state index is 4.89. The highest BCUT2D eigenvalue weighted by Gasteiger charge is 2.28. The minimum atomic E-state index is 0. The summed E-state index contributed by atoms with van der Waals surface area (Å²) in [6.07, 6.45) is 1.98. The topological polar surface area (TPSA) is 47.0 Å². The molecule has 3 heterocycles. The van der Waals surface area contributed by atoms with E-state index in [9.17, 15) is 0 Å². The molecule has 28 heavy (non-hydrogen) atoms. The number of rotatable bonds is 4. The molecule has 0 aliphatic carbocycles. The van der Waals surface area contributed by atoms with Gasteiger partial charge >= 0.3 is 0 Å². The van der Waals surface area contributed by atoms with Crippen molar-refractivity contribution >= 4 is 47.5 Å². The molecule has 0 unspecified atom stereocenters. The summed E-state index contributed by atoms with van der Waals surface area (Å²) in [7, 11) is 2.18. The van der Waals surface area contributed by atoms with Gasteiger partial charge in [-0.25, -0.2) is 9.98 Å². The van der Waals surface area contributed by atoms with Crippen LogP contribution in [0, 0.1) is 0 Å². The zero-order valence-corrected chi connectivity index (χ0v) is 20.8. The second-order valence-corrected chi connectivity index (χ2v) is 9.82. The SMILES string of the molecule is CCNC(=NCc1ccc(N2CCN(C)CC2)nc1)N1CCSC(C)(C)C1.I. The van der Waals surface area contributed by atoms with Gasteiger partial charge in [0.05, 0.1) is 6.54 Å². The molecule has 0 spiro atoms. The fraction of sp³-hybridized carbons (Fsp3) is 0.700. The molecule has 1 aromatic heterocycles. The van der Waals surface area contributed by atoms with E-state index in [4.69, 9.17) is 4.99 Å². The predicted octanol–water partition coefficient (Wildman–Crippen LogP) is 2.74. The second kappa shape index (κ2) is 10.9. The van der Waals surface area contributed by atoms with E-state index in [-0.39, 0.29) is 28.7 Å². The number of nitrogens with zero attached hydrogens (tertiary/aromatic N) is 5. The Bertz CT molecular complexity index is 628. The third-order valence-electron chi connectivity index (χ3n) is 5.11. The number of nitrogens with one attached hydrogen (secondary N) is 1. The number of hydrogen-bond acceptors (Lipinski definition) is 5. The van der Waals surface area contributed by atoms with Gasteiger partial charge in [-0.1, -0.05) is 6.07 Å². The third-order valence-corrected chi connectivity index (χ3v) is 6.41. The van der Waals surface area contributed by atoms with Crippen molar-refractivity contribution in [3.05, 3.63) is 23.9 Å². The van der Waals surface area contributed by atoms with Crippen LogP contribution in [0.1, 0.15) is 26.3 Å². The van der Waals surface area contributed by atoms with Crippen molar-refractivity contribution in [3.8, 4) is 0 Å². The molecular formula is C20H35IN6S. The van der Waals surface area contributed by atoms with Gasteiger partial charge in [-0.15, -0.1) is 24.0 Å². The fourth-order valence-corrected chi connectivity index (χ4v) is 4.63. The Kier molecular flexibility index (Phi) is 9.14. The standard InChI is InChI=1S/C20H34N6S.HI/c1-5-21-19(26-12-13-27-20(2,3)16-26)23-15-17-6-7-18(22-14-17)25-10-8-24(4)9-11-25;/h6-7,14H,5,8-13,15-16H2,1-4H3,(H,21,23);1H. The number of pyridine rings is 1. The van der Waals surface area contributed by atoms with E-state index in [1.165, 1.54) is 0 Å². The van der Waals surface area contributed by atoms with E-state index < -0.39 is 0 Å². The molecule has 3 rings (SSSR count). The van der Waals surface area contributed by atoms with E-state index in [2.05, 4.69) is 65.0 Å². The molecular weight excluding hydrogens is 483 g/mol. The fourth-order valence-electron chi connectivity index (χ4n) is 3.52. The Morgan fingerprint density at radius 3 is 2.57 bits per heavy atom. The molecule has 0 bridgehead atoms. The summed E-state index contributed by atoms with van der Waals surface area (Å²) in [6.45, 7) is 14.7. The highest BCUT2D eigenvalue weighted by Crippen LogP contribution is 2.29. The predicted molar refractivity (Wildman–Crippen MR) is 132 cm³/mol. The summed E-state index contributed by atoms with van der Waals surface area (Å²) in [5, 5.41) is 3.46. The largest absolute Gasteiger partial charge is 0.357 e. The summed E-state index contributed by atoms with van der Waals surface area (Å²) >= 11 is 2.05. The Labute approximate surface area is 191 Å². The first kappa shape index (κ1) is 23.5. The minimum Gasteiger partial charge on any atom is -0.357 e. The van der Waals surface area contributed by atoms with Gasteiger partial charge in [0.1, 0.15) is 5.82 Å². The summed E-state index contributed by atoms with van der Waals surface area (Å²) in [4.78, 5) is 16.7. The molecule has 2 aliphatic rings. The van der Waals surface area contributed by atoms with Crippen LogP contribution in [0.15, 0.2) is 23.3 Å². The Balaban J connectivity index is 0.00000280. The van der Waals surface area contributed by atoms with Crippen molar-refractivity contribution in [2.75, 3.05) is 63.5 Å². The molecule has 0 radical (unpaired) electrons. The third kappa shape index (κ3) is 6.66.